The summed E-state index contributed by atoms with van der Waals surface area (Å²) in [5, 5.41) is 4.53. The Morgan fingerprint density at radius 2 is 1.87 bits per heavy atom. The summed E-state index contributed by atoms with van der Waals surface area (Å²) in [5.74, 6) is 1.68. The average Bonchev–Trinajstić information content (AvgIpc) is 3.65. The van der Waals surface area contributed by atoms with Crippen molar-refractivity contribution >= 4 is 5.82 Å². The number of pyridine rings is 1. The summed E-state index contributed by atoms with van der Waals surface area (Å²) < 4.78 is 1.56. The Morgan fingerprint density at radius 3 is 2.63 bits per heavy atom. The van der Waals surface area contributed by atoms with Crippen molar-refractivity contribution in [2.75, 3.05) is 37.6 Å². The van der Waals surface area contributed by atoms with E-state index in [1.807, 2.05) is 12.1 Å². The van der Waals surface area contributed by atoms with Crippen LogP contribution in [-0.4, -0.2) is 62.4 Å². The lowest BCUT2D eigenvalue weighted by Crippen LogP contribution is -2.48. The molecule has 8 nitrogen and oxygen atoms in total. The summed E-state index contributed by atoms with van der Waals surface area (Å²) in [6, 6.07) is 9.31. The molecular weight excluding hydrogens is 378 g/mol. The fourth-order valence-corrected chi connectivity index (χ4v) is 3.85. The summed E-state index contributed by atoms with van der Waals surface area (Å²) in [7, 11) is 0. The van der Waals surface area contributed by atoms with Crippen molar-refractivity contribution in [3.63, 3.8) is 0 Å². The minimum absolute atomic E-state index is 0.0742. The highest BCUT2D eigenvalue weighted by Gasteiger charge is 2.26. The zero-order chi connectivity index (χ0) is 20.3. The van der Waals surface area contributed by atoms with Gasteiger partial charge in [0.25, 0.3) is 5.56 Å². The molecule has 3 aromatic rings. The van der Waals surface area contributed by atoms with Crippen LogP contribution in [0.4, 0.5) is 5.82 Å². The molecule has 3 aromatic heterocycles. The van der Waals surface area contributed by atoms with Crippen molar-refractivity contribution in [3.05, 3.63) is 65.1 Å². The van der Waals surface area contributed by atoms with Gasteiger partial charge in [-0.1, -0.05) is 0 Å². The molecule has 1 saturated carbocycles. The van der Waals surface area contributed by atoms with Crippen LogP contribution in [0.2, 0.25) is 0 Å². The molecule has 154 valence electrons. The quantitative estimate of drug-likeness (QED) is 0.621. The Labute approximate surface area is 175 Å². The van der Waals surface area contributed by atoms with E-state index in [9.17, 15) is 4.79 Å². The zero-order valence-electron chi connectivity index (χ0n) is 16.9. The van der Waals surface area contributed by atoms with Crippen LogP contribution in [0.5, 0.6) is 0 Å². The van der Waals surface area contributed by atoms with Gasteiger partial charge in [0.05, 0.1) is 12.2 Å². The monoisotopic (exact) mass is 403 g/mol. The number of rotatable bonds is 6. The van der Waals surface area contributed by atoms with E-state index in [0.717, 1.165) is 49.8 Å². The molecule has 5 rings (SSSR count). The summed E-state index contributed by atoms with van der Waals surface area (Å²) in [6.07, 6.45) is 7.69. The van der Waals surface area contributed by atoms with Crippen LogP contribution in [0.15, 0.2) is 53.8 Å². The molecular formula is C22H25N7O. The van der Waals surface area contributed by atoms with Crippen molar-refractivity contribution in [1.82, 2.24) is 29.6 Å². The number of hydrogen-bond donors (Lipinski definition) is 0. The SMILES string of the molecule is O=c1ccc(-c2cccnc2)nn1CCN1CCN(c2cc(C3CC3)ncn2)CC1. The Morgan fingerprint density at radius 1 is 1.00 bits per heavy atom. The fraction of sp³-hybridized carbons (Fsp3) is 0.409. The molecule has 2 aliphatic rings. The smallest absolute Gasteiger partial charge is 0.266 e. The van der Waals surface area contributed by atoms with E-state index in [1.165, 1.54) is 18.5 Å². The van der Waals surface area contributed by atoms with Crippen LogP contribution in [0.3, 0.4) is 0 Å². The molecule has 2 fully saturated rings. The molecule has 1 saturated heterocycles. The van der Waals surface area contributed by atoms with Gasteiger partial charge in [0.15, 0.2) is 0 Å². The Kier molecular flexibility index (Phi) is 5.23. The summed E-state index contributed by atoms with van der Waals surface area (Å²) >= 11 is 0. The van der Waals surface area contributed by atoms with E-state index in [0.29, 0.717) is 12.5 Å². The van der Waals surface area contributed by atoms with E-state index in [1.54, 1.807) is 35.5 Å². The number of hydrogen-bond acceptors (Lipinski definition) is 7. The van der Waals surface area contributed by atoms with Crippen molar-refractivity contribution in [3.8, 4) is 11.3 Å². The maximum atomic E-state index is 12.2. The summed E-state index contributed by atoms with van der Waals surface area (Å²) in [6.45, 7) is 5.12. The van der Waals surface area contributed by atoms with E-state index in [2.05, 4.69) is 35.9 Å². The molecule has 1 aliphatic heterocycles. The number of piperazine rings is 1. The maximum Gasteiger partial charge on any atom is 0.266 e. The van der Waals surface area contributed by atoms with Crippen molar-refractivity contribution in [2.24, 2.45) is 0 Å². The second-order valence-electron chi connectivity index (χ2n) is 7.93. The van der Waals surface area contributed by atoms with Gasteiger partial charge in [0.1, 0.15) is 12.1 Å². The number of anilines is 1. The lowest BCUT2D eigenvalue weighted by atomic mass is 10.2. The van der Waals surface area contributed by atoms with Crippen LogP contribution >= 0.6 is 0 Å². The highest BCUT2D eigenvalue weighted by atomic mass is 16.1. The van der Waals surface area contributed by atoms with E-state index in [4.69, 9.17) is 0 Å². The predicted molar refractivity (Wildman–Crippen MR) is 114 cm³/mol. The largest absolute Gasteiger partial charge is 0.354 e. The van der Waals surface area contributed by atoms with Gasteiger partial charge in [-0.25, -0.2) is 14.6 Å². The van der Waals surface area contributed by atoms with Gasteiger partial charge < -0.3 is 4.90 Å². The van der Waals surface area contributed by atoms with E-state index < -0.39 is 0 Å². The van der Waals surface area contributed by atoms with Gasteiger partial charge in [-0.2, -0.15) is 5.10 Å². The van der Waals surface area contributed by atoms with Gasteiger partial charge in [0.2, 0.25) is 0 Å². The second kappa shape index (κ2) is 8.31. The molecule has 0 amide bonds. The Hall–Kier alpha value is -3.13. The van der Waals surface area contributed by atoms with Gasteiger partial charge in [-0.3, -0.25) is 14.7 Å². The predicted octanol–water partition coefficient (Wildman–Crippen LogP) is 1.79. The van der Waals surface area contributed by atoms with Gasteiger partial charge in [-0.05, 0) is 31.0 Å². The molecule has 30 heavy (non-hydrogen) atoms. The first-order valence-corrected chi connectivity index (χ1v) is 10.5. The minimum Gasteiger partial charge on any atom is -0.354 e. The number of aromatic nitrogens is 5. The molecule has 0 aromatic carbocycles. The highest BCUT2D eigenvalue weighted by molar-refractivity contribution is 5.56. The third-order valence-corrected chi connectivity index (χ3v) is 5.82. The molecule has 0 radical (unpaired) electrons. The summed E-state index contributed by atoms with van der Waals surface area (Å²) in [4.78, 5) is 30.0. The van der Waals surface area contributed by atoms with E-state index in [-0.39, 0.29) is 5.56 Å². The first-order valence-electron chi connectivity index (χ1n) is 10.5. The van der Waals surface area contributed by atoms with Crippen LogP contribution in [0.25, 0.3) is 11.3 Å². The minimum atomic E-state index is -0.0742. The average molecular weight is 403 g/mol. The van der Waals surface area contributed by atoms with Gasteiger partial charge in [0, 0.05) is 74.4 Å². The molecule has 8 heteroatoms. The number of nitrogens with zero attached hydrogens (tertiary/aromatic N) is 7. The maximum absolute atomic E-state index is 12.2. The van der Waals surface area contributed by atoms with Crippen LogP contribution < -0.4 is 10.5 Å². The second-order valence-corrected chi connectivity index (χ2v) is 7.93. The molecule has 4 heterocycles. The molecule has 0 spiro atoms. The van der Waals surface area contributed by atoms with Gasteiger partial charge in [-0.15, -0.1) is 0 Å². The molecule has 0 unspecified atom stereocenters. The molecule has 0 atom stereocenters. The van der Waals surface area contributed by atoms with Crippen LogP contribution in [-0.2, 0) is 6.54 Å². The first-order chi connectivity index (χ1) is 14.8. The zero-order valence-corrected chi connectivity index (χ0v) is 16.9. The highest BCUT2D eigenvalue weighted by Crippen LogP contribution is 2.39. The summed E-state index contributed by atoms with van der Waals surface area (Å²) in [5.41, 5.74) is 2.79. The normalized spacial score (nSPS) is 17.3. The third-order valence-electron chi connectivity index (χ3n) is 5.82. The van der Waals surface area contributed by atoms with E-state index >= 15 is 0 Å². The van der Waals surface area contributed by atoms with Crippen LogP contribution in [0, 0.1) is 0 Å². The third kappa shape index (κ3) is 4.23. The molecule has 0 N–H and O–H groups in total. The van der Waals surface area contributed by atoms with Gasteiger partial charge >= 0.3 is 0 Å². The lowest BCUT2D eigenvalue weighted by Gasteiger charge is -2.35. The first kappa shape index (κ1) is 18.9. The lowest BCUT2D eigenvalue weighted by molar-refractivity contribution is 0.242. The topological polar surface area (TPSA) is 80.0 Å². The van der Waals surface area contributed by atoms with Crippen molar-refractivity contribution < 1.29 is 0 Å². The standard InChI is InChI=1S/C22H25N7O/c30-22-6-5-19(18-2-1-7-23-15-18)26-29(22)13-10-27-8-11-28(12-9-27)21-14-20(17-3-4-17)24-16-25-21/h1-2,5-7,14-17H,3-4,8-13H2. The Balaban J connectivity index is 1.18. The fourth-order valence-electron chi connectivity index (χ4n) is 3.85. The van der Waals surface area contributed by atoms with Crippen molar-refractivity contribution in [2.45, 2.75) is 25.3 Å². The molecule has 0 bridgehead atoms. The van der Waals surface area contributed by atoms with Crippen molar-refractivity contribution in [1.29, 1.82) is 0 Å². The Bertz CT molecular complexity index is 1060. The van der Waals surface area contributed by atoms with Crippen LogP contribution in [0.1, 0.15) is 24.5 Å². The molecule has 1 aliphatic carbocycles.